The Hall–Kier alpha value is -4.55. The maximum atomic E-state index is 2.46. The second-order valence-electron chi connectivity index (χ2n) is 12.9. The van der Waals surface area contributed by atoms with Gasteiger partial charge in [0.25, 0.3) is 0 Å². The van der Waals surface area contributed by atoms with Crippen molar-refractivity contribution in [3.05, 3.63) is 157 Å². The molecule has 0 fully saturated rings. The van der Waals surface area contributed by atoms with Crippen LogP contribution in [0.5, 0.6) is 0 Å². The van der Waals surface area contributed by atoms with Crippen LogP contribution in [0, 0.1) is 0 Å². The summed E-state index contributed by atoms with van der Waals surface area (Å²) in [5, 5.41) is 0. The summed E-state index contributed by atoms with van der Waals surface area (Å²) < 4.78 is 0. The topological polar surface area (TPSA) is 0 Å². The van der Waals surface area contributed by atoms with Gasteiger partial charge in [0, 0.05) is 0 Å². The molecule has 6 aromatic rings. The normalized spacial score (nSPS) is 15.6. The number of hydrogen-bond acceptors (Lipinski definition) is 0. The fourth-order valence-corrected chi connectivity index (χ4v) is 8.72. The van der Waals surface area contributed by atoms with E-state index < -0.39 is 12.3 Å². The first kappa shape index (κ1) is 25.2. The van der Waals surface area contributed by atoms with Crippen LogP contribution < -0.4 is 32.8 Å². The van der Waals surface area contributed by atoms with Crippen molar-refractivity contribution in [3.8, 4) is 22.3 Å². The molecule has 0 atom stereocenters. The monoisotopic (exact) mass is 536 g/mol. The van der Waals surface area contributed by atoms with Gasteiger partial charge in [-0.25, -0.2) is 10.9 Å². The van der Waals surface area contributed by atoms with Gasteiger partial charge in [-0.15, -0.1) is 0 Å². The van der Waals surface area contributed by atoms with Crippen LogP contribution >= 0.6 is 0 Å². The molecular weight excluding hydrogens is 502 g/mol. The predicted molar refractivity (Wildman–Crippen MR) is 185 cm³/mol. The highest BCUT2D eigenvalue weighted by Crippen LogP contribution is 2.37. The Kier molecular flexibility index (Phi) is 5.69. The average molecular weight is 536 g/mol. The van der Waals surface area contributed by atoms with E-state index in [4.69, 9.17) is 0 Å². The molecule has 202 valence electrons. The van der Waals surface area contributed by atoms with Crippen molar-refractivity contribution in [3.63, 3.8) is 0 Å². The van der Waals surface area contributed by atoms with Gasteiger partial charge >= 0.3 is 0 Å². The second-order valence-corrected chi connectivity index (χ2v) is 12.9. The molecule has 0 bridgehead atoms. The molecule has 42 heavy (non-hydrogen) atoms. The van der Waals surface area contributed by atoms with E-state index in [9.17, 15) is 0 Å². The molecule has 0 N–H and O–H groups in total. The number of fused-ring (bicyclic) bond motifs is 3. The number of aryl methyl sites for hydroxylation is 2. The lowest BCUT2D eigenvalue weighted by atomic mass is 9.18. The van der Waals surface area contributed by atoms with Gasteiger partial charge in [0.05, 0.1) is 12.3 Å². The third-order valence-corrected chi connectivity index (χ3v) is 10.9. The van der Waals surface area contributed by atoms with Crippen molar-refractivity contribution in [2.45, 2.75) is 26.5 Å². The van der Waals surface area contributed by atoms with Gasteiger partial charge in [-0.05, 0) is 24.0 Å². The molecule has 0 radical (unpaired) electrons. The van der Waals surface area contributed by atoms with E-state index in [1.54, 1.807) is 33.2 Å². The molecule has 0 nitrogen and oxygen atoms in total. The lowest BCUT2D eigenvalue weighted by molar-refractivity contribution is 0.947. The molecule has 6 aromatic carbocycles. The van der Waals surface area contributed by atoms with Crippen molar-refractivity contribution < 1.29 is 0 Å². The van der Waals surface area contributed by atoms with Crippen LogP contribution in [0.3, 0.4) is 0 Å². The van der Waals surface area contributed by atoms with E-state index in [0.29, 0.717) is 0 Å². The summed E-state index contributed by atoms with van der Waals surface area (Å²) in [6.45, 7) is 4.86. The first-order valence-electron chi connectivity index (χ1n) is 15.6. The highest BCUT2D eigenvalue weighted by Gasteiger charge is 2.37. The molecule has 2 heteroatoms. The van der Waals surface area contributed by atoms with Gasteiger partial charge in [0.15, 0.2) is 0 Å². The fraction of sp³-hybridized carbons (Fsp3) is 0.100. The highest BCUT2D eigenvalue weighted by atomic mass is 14.3. The average Bonchev–Trinajstić information content (AvgIpc) is 3.50. The summed E-state index contributed by atoms with van der Waals surface area (Å²) >= 11 is 0. The van der Waals surface area contributed by atoms with Crippen LogP contribution in [-0.2, 0) is 12.8 Å². The summed E-state index contributed by atoms with van der Waals surface area (Å²) in [5.74, 6) is 0. The summed E-state index contributed by atoms with van der Waals surface area (Å²) in [4.78, 5) is 0. The zero-order valence-corrected chi connectivity index (χ0v) is 24.4. The summed E-state index contributed by atoms with van der Waals surface area (Å²) in [7, 11) is 0. The van der Waals surface area contributed by atoms with Crippen molar-refractivity contribution in [2.24, 2.45) is 0 Å². The first-order valence-corrected chi connectivity index (χ1v) is 15.6. The summed E-state index contributed by atoms with van der Waals surface area (Å²) in [5.41, 5.74) is 17.9. The molecule has 0 amide bonds. The number of hydrogen-bond donors (Lipinski definition) is 0. The van der Waals surface area contributed by atoms with Crippen molar-refractivity contribution in [1.29, 1.82) is 0 Å². The molecule has 9 rings (SSSR count). The lowest BCUT2D eigenvalue weighted by Gasteiger charge is -2.35. The lowest BCUT2D eigenvalue weighted by Crippen LogP contribution is -2.62. The van der Waals surface area contributed by atoms with E-state index in [-0.39, 0.29) is 0 Å². The third-order valence-electron chi connectivity index (χ3n) is 10.9. The minimum Gasteiger partial charge on any atom is -0.200 e. The Morgan fingerprint density at radius 3 is 1.17 bits per heavy atom. The molecule has 1 aliphatic carbocycles. The fourth-order valence-electron chi connectivity index (χ4n) is 8.72. The largest absolute Gasteiger partial charge is 0.200 e. The highest BCUT2D eigenvalue weighted by molar-refractivity contribution is 7.14. The van der Waals surface area contributed by atoms with Crippen LogP contribution in [0.25, 0.3) is 22.3 Å². The standard InChI is InChI=1S/C21H18B.C19H16B/c1-22(17-9-3-2-4-10-17)18-11-5-7-15-13-14-16-8-6-12-19(22)21(16)20(15)18;1-20(15-9-3-2-4-10-15)18-13-7-5-11-16(18)17-12-6-8-14-19(17)20/h2-12H,13-14H2,1H3;2-14H,1H3/q2*-1. The van der Waals surface area contributed by atoms with Crippen molar-refractivity contribution >= 4 is 45.1 Å². The van der Waals surface area contributed by atoms with Gasteiger partial charge < -0.3 is 0 Å². The van der Waals surface area contributed by atoms with Crippen molar-refractivity contribution in [1.82, 2.24) is 0 Å². The Morgan fingerprint density at radius 1 is 0.357 bits per heavy atom. The van der Waals surface area contributed by atoms with Crippen molar-refractivity contribution in [2.75, 3.05) is 0 Å². The Labute approximate surface area is 249 Å². The minimum absolute atomic E-state index is 0.836. The molecule has 0 spiro atoms. The molecule has 2 aliphatic heterocycles. The van der Waals surface area contributed by atoms with E-state index >= 15 is 0 Å². The third kappa shape index (κ3) is 3.45. The van der Waals surface area contributed by atoms with Crippen LogP contribution in [0.1, 0.15) is 11.1 Å². The number of benzene rings is 6. The second kappa shape index (κ2) is 9.50. The summed E-state index contributed by atoms with van der Waals surface area (Å²) in [6, 6.07) is 53.6. The Bertz CT molecular complexity index is 1860. The molecule has 0 saturated heterocycles. The van der Waals surface area contributed by atoms with Crippen LogP contribution in [-0.4, -0.2) is 12.3 Å². The Morgan fingerprint density at radius 2 is 0.714 bits per heavy atom. The van der Waals surface area contributed by atoms with Gasteiger partial charge in [0.2, 0.25) is 0 Å². The quantitative estimate of drug-likeness (QED) is 0.252. The molecule has 2 heterocycles. The molecule has 0 saturated carbocycles. The van der Waals surface area contributed by atoms with E-state index in [1.807, 2.05) is 0 Å². The van der Waals surface area contributed by atoms with Gasteiger partial charge in [-0.2, -0.15) is 35.5 Å². The summed E-state index contributed by atoms with van der Waals surface area (Å²) in [6.07, 6.45) is 0.689. The van der Waals surface area contributed by atoms with Gasteiger partial charge in [0.1, 0.15) is 0 Å². The van der Waals surface area contributed by atoms with E-state index in [2.05, 4.69) is 159 Å². The van der Waals surface area contributed by atoms with Crippen LogP contribution in [0.15, 0.2) is 146 Å². The van der Waals surface area contributed by atoms with Crippen LogP contribution in [0.4, 0.5) is 0 Å². The zero-order chi connectivity index (χ0) is 28.3. The Balaban J connectivity index is 0.000000128. The molecule has 0 unspecified atom stereocenters. The SMILES string of the molecule is C[B-]1(c2ccccc2)c2cccc3c2-c2c(cccc21)CC3.C[B-]1(c2ccccc2)c2ccccc2-c2ccccc21. The molecular formula is C40H34B2-2. The number of rotatable bonds is 2. The van der Waals surface area contributed by atoms with Gasteiger partial charge in [-0.1, -0.05) is 168 Å². The zero-order valence-electron chi connectivity index (χ0n) is 24.4. The first-order chi connectivity index (χ1) is 20.6. The van der Waals surface area contributed by atoms with Crippen LogP contribution in [0.2, 0.25) is 13.6 Å². The maximum absolute atomic E-state index is 2.46. The smallest absolute Gasteiger partial charge is 0.0803 e. The van der Waals surface area contributed by atoms with Gasteiger partial charge in [-0.3, -0.25) is 0 Å². The predicted octanol–water partition coefficient (Wildman–Crippen LogP) is 5.63. The van der Waals surface area contributed by atoms with E-state index in [0.717, 1.165) is 0 Å². The molecule has 3 aliphatic rings. The maximum Gasteiger partial charge on any atom is 0.0803 e. The molecule has 0 aromatic heterocycles. The minimum atomic E-state index is -0.838. The van der Waals surface area contributed by atoms with E-state index in [1.165, 1.54) is 45.8 Å².